The summed E-state index contributed by atoms with van der Waals surface area (Å²) in [5, 5.41) is 10.5. The second-order valence-corrected chi connectivity index (χ2v) is 7.02. The highest BCUT2D eigenvalue weighted by molar-refractivity contribution is 7.92. The van der Waals surface area contributed by atoms with Crippen LogP contribution in [0.25, 0.3) is 0 Å². The Kier molecular flexibility index (Phi) is 5.92. The minimum Gasteiger partial charge on any atom is -0.480 e. The van der Waals surface area contributed by atoms with Crippen molar-refractivity contribution in [2.45, 2.75) is 11.1 Å². The third-order valence-corrected chi connectivity index (χ3v) is 4.78. The summed E-state index contributed by atoms with van der Waals surface area (Å²) in [6, 6.07) is 5.88. The zero-order valence-electron chi connectivity index (χ0n) is 13.7. The fourth-order valence-corrected chi connectivity index (χ4v) is 3.46. The van der Waals surface area contributed by atoms with Crippen LogP contribution in [0.3, 0.4) is 0 Å². The molecule has 2 rings (SSSR count). The largest absolute Gasteiger partial charge is 0.480 e. The number of rotatable bonds is 6. The predicted molar refractivity (Wildman–Crippen MR) is 88.6 cm³/mol. The van der Waals surface area contributed by atoms with Crippen molar-refractivity contribution in [2.24, 2.45) is 0 Å². The average Bonchev–Trinajstić information content (AvgIpc) is 2.60. The number of halogens is 4. The number of carbonyl (C=O) groups excluding carboxylic acids is 1. The second kappa shape index (κ2) is 7.84. The van der Waals surface area contributed by atoms with Crippen LogP contribution in [-0.2, 0) is 21.0 Å². The maximum Gasteiger partial charge on any atom is 0.418 e. The Morgan fingerprint density at radius 3 is 2.32 bits per heavy atom. The van der Waals surface area contributed by atoms with Gasteiger partial charge in [-0.25, -0.2) is 12.8 Å². The topological polar surface area (TPSA) is 113 Å². The minimum atomic E-state index is -5.04. The van der Waals surface area contributed by atoms with Gasteiger partial charge in [0.05, 0.1) is 16.8 Å². The monoisotopic (exact) mass is 420 g/mol. The van der Waals surface area contributed by atoms with Gasteiger partial charge in [-0.3, -0.25) is 14.3 Å². The molecule has 0 unspecified atom stereocenters. The minimum absolute atomic E-state index is 0.128. The summed E-state index contributed by atoms with van der Waals surface area (Å²) in [5.74, 6) is -3.66. The summed E-state index contributed by atoms with van der Waals surface area (Å²) in [4.78, 5) is 21.9. The quantitative estimate of drug-likeness (QED) is 0.622. The summed E-state index contributed by atoms with van der Waals surface area (Å²) in [7, 11) is -4.70. The lowest BCUT2D eigenvalue weighted by Crippen LogP contribution is -2.31. The molecule has 2 aromatic carbocycles. The molecule has 150 valence electrons. The van der Waals surface area contributed by atoms with Crippen molar-refractivity contribution < 1.29 is 40.7 Å². The first kappa shape index (κ1) is 21.2. The first-order valence-corrected chi connectivity index (χ1v) is 8.89. The van der Waals surface area contributed by atoms with Crippen LogP contribution < -0.4 is 10.0 Å². The Morgan fingerprint density at radius 2 is 1.71 bits per heavy atom. The van der Waals surface area contributed by atoms with Crippen LogP contribution in [0, 0.1) is 5.82 Å². The summed E-state index contributed by atoms with van der Waals surface area (Å²) in [5.41, 5.74) is -2.97. The summed E-state index contributed by atoms with van der Waals surface area (Å²) >= 11 is 0. The highest BCUT2D eigenvalue weighted by Crippen LogP contribution is 2.36. The van der Waals surface area contributed by atoms with Crippen molar-refractivity contribution in [3.8, 4) is 0 Å². The molecular formula is C16H12F4N2O5S. The Balaban J connectivity index is 2.45. The van der Waals surface area contributed by atoms with Gasteiger partial charge in [0.2, 0.25) is 0 Å². The number of sulfonamides is 1. The molecule has 0 saturated carbocycles. The smallest absolute Gasteiger partial charge is 0.418 e. The maximum absolute atomic E-state index is 13.2. The highest BCUT2D eigenvalue weighted by Gasteiger charge is 2.35. The van der Waals surface area contributed by atoms with Gasteiger partial charge in [-0.1, -0.05) is 12.1 Å². The Hall–Kier alpha value is -3.15. The van der Waals surface area contributed by atoms with Crippen molar-refractivity contribution in [3.05, 3.63) is 59.4 Å². The normalized spacial score (nSPS) is 11.7. The number of hydrogen-bond donors (Lipinski definition) is 3. The van der Waals surface area contributed by atoms with Crippen LogP contribution in [-0.4, -0.2) is 31.9 Å². The van der Waals surface area contributed by atoms with Crippen molar-refractivity contribution in [1.29, 1.82) is 0 Å². The van der Waals surface area contributed by atoms with Gasteiger partial charge in [0.25, 0.3) is 15.9 Å². The van der Waals surface area contributed by atoms with E-state index in [0.717, 1.165) is 12.1 Å². The Labute approximate surface area is 156 Å². The molecular weight excluding hydrogens is 408 g/mol. The number of carboxylic acid groups (broad SMARTS) is 1. The number of alkyl halides is 3. The number of carbonyl (C=O) groups is 2. The molecule has 0 atom stereocenters. The van der Waals surface area contributed by atoms with E-state index in [9.17, 15) is 35.6 Å². The zero-order valence-corrected chi connectivity index (χ0v) is 14.6. The SMILES string of the molecule is O=C(O)CNC(=O)c1ccccc1S(=O)(=O)Nc1ccc(F)cc1C(F)(F)F. The van der Waals surface area contributed by atoms with E-state index in [4.69, 9.17) is 5.11 Å². The number of anilines is 1. The van der Waals surface area contributed by atoms with Crippen molar-refractivity contribution >= 4 is 27.6 Å². The number of amides is 1. The lowest BCUT2D eigenvalue weighted by atomic mass is 10.2. The number of aliphatic carboxylic acids is 1. The molecule has 0 aromatic heterocycles. The van der Waals surface area contributed by atoms with E-state index >= 15 is 0 Å². The number of benzene rings is 2. The molecule has 0 aliphatic carbocycles. The molecule has 0 saturated heterocycles. The second-order valence-electron chi connectivity index (χ2n) is 5.37. The standard InChI is InChI=1S/C16H12F4N2O5S/c17-9-5-6-12(11(7-9)16(18,19)20)22-28(26,27)13-4-2-1-3-10(13)15(25)21-8-14(23)24/h1-7,22H,8H2,(H,21,25)(H,23,24). The van der Waals surface area contributed by atoms with Gasteiger partial charge in [0.15, 0.2) is 0 Å². The van der Waals surface area contributed by atoms with Crippen LogP contribution >= 0.6 is 0 Å². The first-order valence-electron chi connectivity index (χ1n) is 7.40. The molecule has 2 aromatic rings. The lowest BCUT2D eigenvalue weighted by Gasteiger charge is -2.16. The Bertz CT molecular complexity index is 1020. The summed E-state index contributed by atoms with van der Waals surface area (Å²) in [6.07, 6.45) is -5.04. The average molecular weight is 420 g/mol. The molecule has 1 amide bonds. The van der Waals surface area contributed by atoms with Crippen LogP contribution in [0.1, 0.15) is 15.9 Å². The molecule has 0 spiro atoms. The van der Waals surface area contributed by atoms with Gasteiger partial charge in [0, 0.05) is 0 Å². The van der Waals surface area contributed by atoms with E-state index < -0.39 is 62.1 Å². The van der Waals surface area contributed by atoms with E-state index in [1.54, 1.807) is 4.72 Å². The zero-order chi connectivity index (χ0) is 21.1. The highest BCUT2D eigenvalue weighted by atomic mass is 32.2. The fraction of sp³-hybridized carbons (Fsp3) is 0.125. The van der Waals surface area contributed by atoms with E-state index in [1.807, 2.05) is 5.32 Å². The number of hydrogen-bond acceptors (Lipinski definition) is 4. The maximum atomic E-state index is 13.2. The predicted octanol–water partition coefficient (Wildman–Crippen LogP) is 2.46. The van der Waals surface area contributed by atoms with Crippen LogP contribution in [0.15, 0.2) is 47.4 Å². The van der Waals surface area contributed by atoms with Gasteiger partial charge in [-0.05, 0) is 30.3 Å². The molecule has 12 heteroatoms. The van der Waals surface area contributed by atoms with Crippen molar-refractivity contribution in [1.82, 2.24) is 5.32 Å². The first-order chi connectivity index (χ1) is 12.9. The molecule has 0 bridgehead atoms. The number of nitrogens with one attached hydrogen (secondary N) is 2. The third-order valence-electron chi connectivity index (χ3n) is 3.35. The van der Waals surface area contributed by atoms with E-state index in [0.29, 0.717) is 12.1 Å². The van der Waals surface area contributed by atoms with Gasteiger partial charge in [-0.15, -0.1) is 0 Å². The van der Waals surface area contributed by atoms with Crippen molar-refractivity contribution in [3.63, 3.8) is 0 Å². The number of carboxylic acids is 1. The molecule has 0 radical (unpaired) electrons. The van der Waals surface area contributed by atoms with E-state index in [2.05, 4.69) is 0 Å². The van der Waals surface area contributed by atoms with Gasteiger partial charge < -0.3 is 10.4 Å². The van der Waals surface area contributed by atoms with Crippen LogP contribution in [0.4, 0.5) is 23.2 Å². The molecule has 7 nitrogen and oxygen atoms in total. The van der Waals surface area contributed by atoms with Crippen molar-refractivity contribution in [2.75, 3.05) is 11.3 Å². The molecule has 28 heavy (non-hydrogen) atoms. The molecule has 0 fully saturated rings. The molecule has 3 N–H and O–H groups in total. The van der Waals surface area contributed by atoms with Crippen LogP contribution in [0.5, 0.6) is 0 Å². The van der Waals surface area contributed by atoms with E-state index in [1.165, 1.54) is 12.1 Å². The molecule has 0 aliphatic rings. The van der Waals surface area contributed by atoms with Gasteiger partial charge in [0.1, 0.15) is 17.3 Å². The fourth-order valence-electron chi connectivity index (χ4n) is 2.18. The third kappa shape index (κ3) is 4.97. The van der Waals surface area contributed by atoms with Crippen LogP contribution in [0.2, 0.25) is 0 Å². The lowest BCUT2D eigenvalue weighted by molar-refractivity contribution is -0.137. The Morgan fingerprint density at radius 1 is 1.07 bits per heavy atom. The molecule has 0 aliphatic heterocycles. The van der Waals surface area contributed by atoms with E-state index in [-0.39, 0.29) is 6.07 Å². The summed E-state index contributed by atoms with van der Waals surface area (Å²) in [6.45, 7) is -0.795. The van der Waals surface area contributed by atoms with Gasteiger partial charge in [-0.2, -0.15) is 13.2 Å². The molecule has 0 heterocycles. The summed E-state index contributed by atoms with van der Waals surface area (Å²) < 4.78 is 79.2. The van der Waals surface area contributed by atoms with Gasteiger partial charge >= 0.3 is 12.1 Å².